The summed E-state index contributed by atoms with van der Waals surface area (Å²) in [4.78, 5) is 16.8. The van der Waals surface area contributed by atoms with Crippen LogP contribution in [0.2, 0.25) is 0 Å². The fourth-order valence-corrected chi connectivity index (χ4v) is 2.54. The molecule has 0 aliphatic carbocycles. The van der Waals surface area contributed by atoms with Gasteiger partial charge in [0.2, 0.25) is 0 Å². The first-order chi connectivity index (χ1) is 10.7. The van der Waals surface area contributed by atoms with Gasteiger partial charge in [-0.05, 0) is 46.3 Å². The topological polar surface area (TPSA) is 51.2 Å². The van der Waals surface area contributed by atoms with Crippen molar-refractivity contribution in [2.24, 2.45) is 0 Å². The molecule has 5 heteroatoms. The number of rotatable bonds is 3. The van der Waals surface area contributed by atoms with Gasteiger partial charge in [0.25, 0.3) is 5.91 Å². The number of para-hydroxylation sites is 1. The van der Waals surface area contributed by atoms with Crippen molar-refractivity contribution in [3.05, 3.63) is 64.8 Å². The number of hydrogen-bond donors (Lipinski definition) is 1. The summed E-state index contributed by atoms with van der Waals surface area (Å²) in [5.74, 6) is 0.448. The number of hydrogen-bond acceptors (Lipinski definition) is 3. The molecule has 2 aromatic carbocycles. The van der Waals surface area contributed by atoms with Crippen LogP contribution < -0.4 is 10.1 Å². The van der Waals surface area contributed by atoms with Crippen LogP contribution in [0.3, 0.4) is 0 Å². The molecule has 0 spiro atoms. The van der Waals surface area contributed by atoms with Crippen molar-refractivity contribution in [1.82, 2.24) is 4.98 Å². The highest BCUT2D eigenvalue weighted by Gasteiger charge is 2.10. The average Bonchev–Trinajstić information content (AvgIpc) is 2.54. The SMILES string of the molecule is COc1cccc(C(=O)Nc2cccc3cc(Br)cnc23)c1. The quantitative estimate of drug-likeness (QED) is 0.762. The van der Waals surface area contributed by atoms with E-state index in [9.17, 15) is 4.79 Å². The van der Waals surface area contributed by atoms with Crippen LogP contribution in [0.25, 0.3) is 10.9 Å². The third-order valence-corrected chi connectivity index (χ3v) is 3.69. The Labute approximate surface area is 136 Å². The van der Waals surface area contributed by atoms with E-state index in [0.29, 0.717) is 17.0 Å². The Balaban J connectivity index is 1.94. The first-order valence-electron chi connectivity index (χ1n) is 6.67. The van der Waals surface area contributed by atoms with E-state index in [-0.39, 0.29) is 5.91 Å². The summed E-state index contributed by atoms with van der Waals surface area (Å²) in [6, 6.07) is 14.7. The molecule has 3 aromatic rings. The van der Waals surface area contributed by atoms with Gasteiger partial charge in [0.15, 0.2) is 0 Å². The third-order valence-electron chi connectivity index (χ3n) is 3.26. The number of nitrogens with zero attached hydrogens (tertiary/aromatic N) is 1. The summed E-state index contributed by atoms with van der Waals surface area (Å²) >= 11 is 3.40. The highest BCUT2D eigenvalue weighted by molar-refractivity contribution is 9.10. The van der Waals surface area contributed by atoms with Crippen molar-refractivity contribution in [3.63, 3.8) is 0 Å². The maximum atomic E-state index is 12.4. The lowest BCUT2D eigenvalue weighted by Crippen LogP contribution is -2.12. The Morgan fingerprint density at radius 1 is 1.18 bits per heavy atom. The van der Waals surface area contributed by atoms with Crippen molar-refractivity contribution in [2.75, 3.05) is 12.4 Å². The van der Waals surface area contributed by atoms with Gasteiger partial charge in [0.05, 0.1) is 18.3 Å². The van der Waals surface area contributed by atoms with Crippen LogP contribution in [0.4, 0.5) is 5.69 Å². The van der Waals surface area contributed by atoms with Gasteiger partial charge in [0.1, 0.15) is 5.75 Å². The van der Waals surface area contributed by atoms with E-state index >= 15 is 0 Å². The van der Waals surface area contributed by atoms with Crippen LogP contribution in [-0.2, 0) is 0 Å². The van der Waals surface area contributed by atoms with E-state index in [0.717, 1.165) is 15.4 Å². The molecule has 110 valence electrons. The lowest BCUT2D eigenvalue weighted by molar-refractivity contribution is 0.102. The number of nitrogens with one attached hydrogen (secondary N) is 1. The molecule has 0 atom stereocenters. The summed E-state index contributed by atoms with van der Waals surface area (Å²) < 4.78 is 6.04. The van der Waals surface area contributed by atoms with Crippen LogP contribution in [0.1, 0.15) is 10.4 Å². The minimum absolute atomic E-state index is 0.198. The number of pyridine rings is 1. The van der Waals surface area contributed by atoms with Crippen molar-refractivity contribution in [2.45, 2.75) is 0 Å². The molecule has 0 radical (unpaired) electrons. The number of anilines is 1. The first kappa shape index (κ1) is 14.5. The van der Waals surface area contributed by atoms with Gasteiger partial charge in [0, 0.05) is 21.6 Å². The number of methoxy groups -OCH3 is 1. The van der Waals surface area contributed by atoms with E-state index in [1.165, 1.54) is 0 Å². The molecule has 1 heterocycles. The zero-order chi connectivity index (χ0) is 15.5. The normalized spacial score (nSPS) is 10.5. The molecule has 0 aliphatic rings. The number of fused-ring (bicyclic) bond motifs is 1. The van der Waals surface area contributed by atoms with Crippen molar-refractivity contribution in [1.29, 1.82) is 0 Å². The van der Waals surface area contributed by atoms with E-state index in [2.05, 4.69) is 26.2 Å². The standard InChI is InChI=1S/C17H13BrN2O2/c1-22-14-6-2-5-12(9-14)17(21)20-15-7-3-4-11-8-13(18)10-19-16(11)15/h2-10H,1H3,(H,20,21). The zero-order valence-electron chi connectivity index (χ0n) is 11.8. The molecule has 0 bridgehead atoms. The highest BCUT2D eigenvalue weighted by atomic mass is 79.9. The summed E-state index contributed by atoms with van der Waals surface area (Å²) in [5.41, 5.74) is 1.97. The number of carbonyl (C=O) groups is 1. The van der Waals surface area contributed by atoms with Crippen LogP contribution in [0, 0.1) is 0 Å². The molecule has 1 N–H and O–H groups in total. The van der Waals surface area contributed by atoms with Gasteiger partial charge in [-0.2, -0.15) is 0 Å². The van der Waals surface area contributed by atoms with Crippen LogP contribution in [0.5, 0.6) is 5.75 Å². The number of amides is 1. The summed E-state index contributed by atoms with van der Waals surface area (Å²) in [6.45, 7) is 0. The van der Waals surface area contributed by atoms with Crippen LogP contribution in [0.15, 0.2) is 59.2 Å². The second-order valence-electron chi connectivity index (χ2n) is 4.72. The van der Waals surface area contributed by atoms with Crippen molar-refractivity contribution >= 4 is 38.4 Å². The predicted octanol–water partition coefficient (Wildman–Crippen LogP) is 4.26. The molecule has 0 saturated carbocycles. The predicted molar refractivity (Wildman–Crippen MR) is 90.4 cm³/mol. The van der Waals surface area contributed by atoms with E-state index < -0.39 is 0 Å². The lowest BCUT2D eigenvalue weighted by atomic mass is 10.1. The molecule has 3 rings (SSSR count). The Kier molecular flexibility index (Phi) is 4.06. The van der Waals surface area contributed by atoms with Crippen molar-refractivity contribution < 1.29 is 9.53 Å². The molecule has 1 aromatic heterocycles. The largest absolute Gasteiger partial charge is 0.497 e. The zero-order valence-corrected chi connectivity index (χ0v) is 13.4. The summed E-state index contributed by atoms with van der Waals surface area (Å²) in [5, 5.41) is 3.86. The second-order valence-corrected chi connectivity index (χ2v) is 5.63. The molecule has 4 nitrogen and oxygen atoms in total. The van der Waals surface area contributed by atoms with E-state index in [1.807, 2.05) is 24.3 Å². The Morgan fingerprint density at radius 2 is 2.00 bits per heavy atom. The van der Waals surface area contributed by atoms with Gasteiger partial charge in [-0.25, -0.2) is 0 Å². The molecule has 0 unspecified atom stereocenters. The van der Waals surface area contributed by atoms with Gasteiger partial charge < -0.3 is 10.1 Å². The summed E-state index contributed by atoms with van der Waals surface area (Å²) in [7, 11) is 1.57. The Bertz CT molecular complexity index is 849. The average molecular weight is 357 g/mol. The van der Waals surface area contributed by atoms with Gasteiger partial charge in [-0.1, -0.05) is 18.2 Å². The molecule has 0 aliphatic heterocycles. The fourth-order valence-electron chi connectivity index (χ4n) is 2.19. The number of carbonyl (C=O) groups excluding carboxylic acids is 1. The summed E-state index contributed by atoms with van der Waals surface area (Å²) in [6.07, 6.45) is 1.71. The van der Waals surface area contributed by atoms with Gasteiger partial charge >= 0.3 is 0 Å². The monoisotopic (exact) mass is 356 g/mol. The fraction of sp³-hybridized carbons (Fsp3) is 0.0588. The minimum atomic E-state index is -0.198. The number of ether oxygens (including phenoxy) is 1. The lowest BCUT2D eigenvalue weighted by Gasteiger charge is -2.09. The molecule has 22 heavy (non-hydrogen) atoms. The number of halogens is 1. The maximum Gasteiger partial charge on any atom is 0.255 e. The molecular formula is C17H13BrN2O2. The van der Waals surface area contributed by atoms with Gasteiger partial charge in [-0.15, -0.1) is 0 Å². The van der Waals surface area contributed by atoms with Crippen LogP contribution in [-0.4, -0.2) is 18.0 Å². The first-order valence-corrected chi connectivity index (χ1v) is 7.46. The van der Waals surface area contributed by atoms with E-state index in [1.54, 1.807) is 37.6 Å². The number of benzene rings is 2. The van der Waals surface area contributed by atoms with Gasteiger partial charge in [-0.3, -0.25) is 9.78 Å². The maximum absolute atomic E-state index is 12.4. The number of aromatic nitrogens is 1. The Morgan fingerprint density at radius 3 is 2.82 bits per heavy atom. The third kappa shape index (κ3) is 2.94. The van der Waals surface area contributed by atoms with Crippen molar-refractivity contribution in [3.8, 4) is 5.75 Å². The van der Waals surface area contributed by atoms with E-state index in [4.69, 9.17) is 4.74 Å². The molecule has 0 saturated heterocycles. The molecular weight excluding hydrogens is 344 g/mol. The highest BCUT2D eigenvalue weighted by Crippen LogP contribution is 2.24. The molecule has 0 fully saturated rings. The smallest absolute Gasteiger partial charge is 0.255 e. The second kappa shape index (κ2) is 6.15. The minimum Gasteiger partial charge on any atom is -0.497 e. The molecule has 1 amide bonds. The Hall–Kier alpha value is -2.40. The van der Waals surface area contributed by atoms with Crippen LogP contribution >= 0.6 is 15.9 Å².